The summed E-state index contributed by atoms with van der Waals surface area (Å²) in [7, 11) is -8.76. The van der Waals surface area contributed by atoms with Crippen LogP contribution in [0.25, 0.3) is 0 Å². The first kappa shape index (κ1) is 30.1. The molecule has 13 heteroatoms. The third-order valence-corrected chi connectivity index (χ3v) is 9.57. The average Bonchev–Trinajstić information content (AvgIpc) is 2.91. The highest BCUT2D eigenvalue weighted by Gasteiger charge is 2.36. The number of benzene rings is 3. The fourth-order valence-electron chi connectivity index (χ4n) is 4.62. The molecule has 1 unspecified atom stereocenters. The van der Waals surface area contributed by atoms with E-state index in [1.54, 1.807) is 19.9 Å². The zero-order valence-corrected chi connectivity index (χ0v) is 23.9. The molecule has 0 saturated heterocycles. The molecule has 0 bridgehead atoms. The molecule has 3 aromatic carbocycles. The van der Waals surface area contributed by atoms with E-state index in [0.717, 1.165) is 6.07 Å². The minimum Gasteiger partial charge on any atom is -0.397 e. The summed E-state index contributed by atoms with van der Waals surface area (Å²) in [6.45, 7) is 3.61. The van der Waals surface area contributed by atoms with Gasteiger partial charge in [-0.25, -0.2) is 8.42 Å². The Bertz CT molecular complexity index is 1800. The summed E-state index contributed by atoms with van der Waals surface area (Å²) < 4.78 is 60.1. The van der Waals surface area contributed by atoms with Crippen LogP contribution in [-0.4, -0.2) is 50.5 Å². The van der Waals surface area contributed by atoms with E-state index in [2.05, 4.69) is 5.32 Å². The molecule has 3 aromatic rings. The predicted octanol–water partition coefficient (Wildman–Crippen LogP) is 3.14. The van der Waals surface area contributed by atoms with Crippen LogP contribution in [0.15, 0.2) is 64.4 Å². The summed E-state index contributed by atoms with van der Waals surface area (Å²) in [4.78, 5) is 38.1. The van der Waals surface area contributed by atoms with Gasteiger partial charge in [0.15, 0.2) is 21.4 Å². The number of nitrogens with one attached hydrogen (secondary N) is 1. The fourth-order valence-corrected chi connectivity index (χ4v) is 6.62. The first-order valence-electron chi connectivity index (χ1n) is 12.6. The fraction of sp³-hybridized carbons (Fsp3) is 0.250. The van der Waals surface area contributed by atoms with Gasteiger partial charge in [0, 0.05) is 23.2 Å². The molecule has 0 saturated carbocycles. The highest BCUT2D eigenvalue weighted by Crippen LogP contribution is 2.40. The number of ketones is 3. The van der Waals surface area contributed by atoms with Crippen molar-refractivity contribution in [2.45, 2.75) is 42.5 Å². The van der Waals surface area contributed by atoms with Crippen molar-refractivity contribution < 1.29 is 35.8 Å². The lowest BCUT2D eigenvalue weighted by Crippen LogP contribution is -2.35. The number of fused-ring (bicyclic) bond motifs is 2. The van der Waals surface area contributed by atoms with Crippen molar-refractivity contribution in [3.8, 4) is 0 Å². The minimum atomic E-state index is -4.92. The molecule has 0 aliphatic heterocycles. The van der Waals surface area contributed by atoms with Crippen molar-refractivity contribution in [3.63, 3.8) is 0 Å². The molecule has 0 aromatic heterocycles. The van der Waals surface area contributed by atoms with E-state index in [9.17, 15) is 35.8 Å². The third-order valence-electron chi connectivity index (χ3n) is 6.88. The van der Waals surface area contributed by atoms with Gasteiger partial charge in [0.2, 0.25) is 0 Å². The molecule has 0 heterocycles. The first-order valence-corrected chi connectivity index (χ1v) is 15.7. The average molecular weight is 600 g/mol. The number of anilines is 3. The normalized spacial score (nSPS) is 14.0. The first-order chi connectivity index (χ1) is 19.1. The van der Waals surface area contributed by atoms with Gasteiger partial charge in [-0.3, -0.25) is 18.9 Å². The highest BCUT2D eigenvalue weighted by molar-refractivity contribution is 7.91. The molecule has 6 N–H and O–H groups in total. The van der Waals surface area contributed by atoms with Crippen molar-refractivity contribution >= 4 is 54.4 Å². The number of nitrogens with two attached hydrogens (primary N) is 2. The zero-order chi connectivity index (χ0) is 30.3. The van der Waals surface area contributed by atoms with Gasteiger partial charge < -0.3 is 16.8 Å². The molecule has 0 spiro atoms. The van der Waals surface area contributed by atoms with E-state index in [1.807, 2.05) is 0 Å². The summed E-state index contributed by atoms with van der Waals surface area (Å²) in [5.41, 5.74) is 10.7. The Balaban J connectivity index is 1.71. The maximum absolute atomic E-state index is 13.5. The van der Waals surface area contributed by atoms with E-state index in [-0.39, 0.29) is 68.8 Å². The summed E-state index contributed by atoms with van der Waals surface area (Å²) in [6.07, 6.45) is 0.0720. The predicted molar refractivity (Wildman–Crippen MR) is 153 cm³/mol. The third kappa shape index (κ3) is 5.93. The maximum Gasteiger partial charge on any atom is 0.296 e. The van der Waals surface area contributed by atoms with Gasteiger partial charge in [-0.1, -0.05) is 44.2 Å². The summed E-state index contributed by atoms with van der Waals surface area (Å²) in [6, 6.07) is 11.7. The van der Waals surface area contributed by atoms with Crippen molar-refractivity contribution in [1.29, 1.82) is 0 Å². The number of hydrogen-bond donors (Lipinski definition) is 4. The zero-order valence-electron chi connectivity index (χ0n) is 22.2. The van der Waals surface area contributed by atoms with Gasteiger partial charge in [-0.2, -0.15) is 8.42 Å². The van der Waals surface area contributed by atoms with Crippen molar-refractivity contribution in [2.75, 3.05) is 16.8 Å². The molecular weight excluding hydrogens is 570 g/mol. The van der Waals surface area contributed by atoms with Crippen molar-refractivity contribution in [2.24, 2.45) is 11.7 Å². The SMILES string of the molecule is CC(C)C(N)C(=O)CCCS(=O)(=O)c1cccc(Nc2cc(S(=O)(=O)O)c(N)c3c2C(=O)c2ccccc2C3=O)c1. The van der Waals surface area contributed by atoms with Gasteiger partial charge in [-0.05, 0) is 36.6 Å². The lowest BCUT2D eigenvalue weighted by molar-refractivity contribution is -0.121. The molecule has 0 fully saturated rings. The Labute approximate surface area is 237 Å². The van der Waals surface area contributed by atoms with Gasteiger partial charge in [0.1, 0.15) is 10.7 Å². The standard InChI is InChI=1S/C28H29N3O8S2/c1-15(2)25(29)21(32)11-6-12-40(35,36)17-8-5-7-16(13-17)31-20-14-22(41(37,38)39)26(30)24-23(20)27(33)18-9-3-4-10-19(18)28(24)34/h3-5,7-10,13-15,25,31H,6,11-12,29-30H2,1-2H3,(H,37,38,39). The van der Waals surface area contributed by atoms with Crippen LogP contribution in [0.2, 0.25) is 0 Å². The van der Waals surface area contributed by atoms with Crippen LogP contribution < -0.4 is 16.8 Å². The maximum atomic E-state index is 13.5. The van der Waals surface area contributed by atoms with Gasteiger partial charge in [0.25, 0.3) is 10.1 Å². The molecule has 41 heavy (non-hydrogen) atoms. The number of Topliss-reactive ketones (excluding diaryl/α,β-unsaturated/α-hetero) is 1. The second-order valence-electron chi connectivity index (χ2n) is 10.1. The number of sulfone groups is 1. The number of carbonyl (C=O) groups excluding carboxylic acids is 3. The lowest BCUT2D eigenvalue weighted by Gasteiger charge is -2.23. The molecule has 0 radical (unpaired) electrons. The summed E-state index contributed by atoms with van der Waals surface area (Å²) >= 11 is 0. The second-order valence-corrected chi connectivity index (χ2v) is 13.6. The Hall–Kier alpha value is -3.91. The van der Waals surface area contributed by atoms with Crippen LogP contribution in [0.1, 0.15) is 58.5 Å². The quantitative estimate of drug-likeness (QED) is 0.154. The monoisotopic (exact) mass is 599 g/mol. The van der Waals surface area contributed by atoms with Gasteiger partial charge >= 0.3 is 0 Å². The van der Waals surface area contributed by atoms with E-state index in [1.165, 1.54) is 42.5 Å². The van der Waals surface area contributed by atoms with Crippen LogP contribution >= 0.6 is 0 Å². The molecular formula is C28H29N3O8S2. The molecule has 11 nitrogen and oxygen atoms in total. The summed E-state index contributed by atoms with van der Waals surface area (Å²) in [5.74, 6) is -1.93. The van der Waals surface area contributed by atoms with Crippen molar-refractivity contribution in [1.82, 2.24) is 0 Å². The minimum absolute atomic E-state index is 0.00408. The van der Waals surface area contributed by atoms with E-state index < -0.39 is 48.1 Å². The molecule has 0 amide bonds. The Morgan fingerprint density at radius 2 is 1.54 bits per heavy atom. The van der Waals surface area contributed by atoms with Crippen LogP contribution in [0.4, 0.5) is 17.1 Å². The van der Waals surface area contributed by atoms with Crippen LogP contribution in [0.3, 0.4) is 0 Å². The Kier molecular flexibility index (Phi) is 8.18. The van der Waals surface area contributed by atoms with E-state index in [4.69, 9.17) is 11.5 Å². The molecule has 216 valence electrons. The van der Waals surface area contributed by atoms with Gasteiger partial charge in [-0.15, -0.1) is 0 Å². The van der Waals surface area contributed by atoms with Crippen LogP contribution in [0.5, 0.6) is 0 Å². The van der Waals surface area contributed by atoms with Crippen molar-refractivity contribution in [3.05, 3.63) is 76.9 Å². The Morgan fingerprint density at radius 1 is 0.927 bits per heavy atom. The second kappa shape index (κ2) is 11.2. The topological polar surface area (TPSA) is 204 Å². The Morgan fingerprint density at radius 3 is 2.12 bits per heavy atom. The number of carbonyl (C=O) groups is 3. The summed E-state index contributed by atoms with van der Waals surface area (Å²) in [5, 5.41) is 2.83. The molecule has 1 aliphatic rings. The van der Waals surface area contributed by atoms with E-state index in [0.29, 0.717) is 0 Å². The molecule has 4 rings (SSSR count). The number of rotatable bonds is 10. The lowest BCUT2D eigenvalue weighted by atomic mass is 9.82. The smallest absolute Gasteiger partial charge is 0.296 e. The van der Waals surface area contributed by atoms with E-state index >= 15 is 0 Å². The van der Waals surface area contributed by atoms with Crippen LogP contribution in [0, 0.1) is 5.92 Å². The molecule has 1 atom stereocenters. The highest BCUT2D eigenvalue weighted by atomic mass is 32.2. The van der Waals surface area contributed by atoms with Crippen LogP contribution in [-0.2, 0) is 24.7 Å². The number of nitrogen functional groups attached to an aromatic ring is 1. The largest absolute Gasteiger partial charge is 0.397 e. The molecule has 1 aliphatic carbocycles. The van der Waals surface area contributed by atoms with Gasteiger partial charge in [0.05, 0.1) is 39.2 Å². The number of hydrogen-bond acceptors (Lipinski definition) is 10.